The molecule has 54 heavy (non-hydrogen) atoms. The van der Waals surface area contributed by atoms with Crippen molar-refractivity contribution in [3.8, 4) is 11.5 Å². The summed E-state index contributed by atoms with van der Waals surface area (Å²) in [7, 11) is 0. The maximum Gasteiger partial charge on any atom is 0.262 e. The highest BCUT2D eigenvalue weighted by Gasteiger charge is 2.45. The zero-order valence-corrected chi connectivity index (χ0v) is 30.0. The van der Waals surface area contributed by atoms with Gasteiger partial charge in [-0.15, -0.1) is 0 Å². The summed E-state index contributed by atoms with van der Waals surface area (Å²) in [5, 5.41) is 20.9. The van der Waals surface area contributed by atoms with Gasteiger partial charge in [0.25, 0.3) is 17.7 Å². The smallest absolute Gasteiger partial charge is 0.262 e. The van der Waals surface area contributed by atoms with Crippen molar-refractivity contribution in [2.45, 2.75) is 76.7 Å². The van der Waals surface area contributed by atoms with Crippen LogP contribution in [0.4, 0.5) is 5.69 Å². The molecule has 7 rings (SSSR count). The molecular weight excluding hydrogens is 690 g/mol. The molecule has 0 radical (unpaired) electrons. The van der Waals surface area contributed by atoms with Gasteiger partial charge in [0.05, 0.1) is 16.8 Å². The quantitative estimate of drug-likeness (QED) is 0.0911. The van der Waals surface area contributed by atoms with E-state index in [9.17, 15) is 19.2 Å². The summed E-state index contributed by atoms with van der Waals surface area (Å²) in [5.74, 6) is -0.973. The first-order valence-corrected chi connectivity index (χ1v) is 17.6. The van der Waals surface area contributed by atoms with E-state index in [2.05, 4.69) is 46.6 Å². The minimum Gasteiger partial charge on any atom is -0.490 e. The second-order valence-electron chi connectivity index (χ2n) is 14.1. The van der Waals surface area contributed by atoms with Gasteiger partial charge >= 0.3 is 0 Å². The first kappa shape index (κ1) is 35.9. The highest BCUT2D eigenvalue weighted by atomic mass is 16.5. The Bertz CT molecular complexity index is 2160. The van der Waals surface area contributed by atoms with Gasteiger partial charge in [0.1, 0.15) is 30.3 Å². The van der Waals surface area contributed by atoms with Gasteiger partial charge in [0, 0.05) is 49.5 Å². The van der Waals surface area contributed by atoms with Gasteiger partial charge in [-0.2, -0.15) is 0 Å². The van der Waals surface area contributed by atoms with E-state index in [1.807, 2.05) is 36.4 Å². The minimum absolute atomic E-state index is 0.0231. The Morgan fingerprint density at radius 2 is 1.57 bits per heavy atom. The number of ether oxygens (including phenoxy) is 3. The van der Waals surface area contributed by atoms with Gasteiger partial charge in [0.2, 0.25) is 17.6 Å². The van der Waals surface area contributed by atoms with Gasteiger partial charge in [-0.25, -0.2) is 9.97 Å². The average Bonchev–Trinajstić information content (AvgIpc) is 3.38. The van der Waals surface area contributed by atoms with Crippen molar-refractivity contribution in [2.24, 2.45) is 0 Å². The number of piperidine rings is 1. The molecule has 1 saturated heterocycles. The lowest BCUT2D eigenvalue weighted by Crippen LogP contribution is -2.54. The second kappa shape index (κ2) is 14.5. The molecule has 14 heteroatoms. The normalized spacial score (nSPS) is 19.4. The summed E-state index contributed by atoms with van der Waals surface area (Å²) in [5.41, 5.74) is 3.71. The average molecular weight is 730 g/mol. The van der Waals surface area contributed by atoms with Crippen LogP contribution in [-0.2, 0) is 26.3 Å². The fourth-order valence-corrected chi connectivity index (χ4v) is 6.80. The number of fused-ring (bicyclic) bond motifs is 1. The van der Waals surface area contributed by atoms with Crippen LogP contribution in [0.2, 0.25) is 0 Å². The molecule has 3 aliphatic rings. The Morgan fingerprint density at radius 1 is 0.907 bits per heavy atom. The molecule has 1 unspecified atom stereocenters. The van der Waals surface area contributed by atoms with Gasteiger partial charge < -0.3 is 19.5 Å². The molecule has 1 saturated carbocycles. The van der Waals surface area contributed by atoms with E-state index in [1.165, 1.54) is 13.1 Å². The summed E-state index contributed by atoms with van der Waals surface area (Å²) < 4.78 is 17.2. The lowest BCUT2D eigenvalue weighted by atomic mass is 9.78. The number of hydrogen-bond acceptors (Lipinski definition) is 12. The van der Waals surface area contributed by atoms with Crippen molar-refractivity contribution >= 4 is 41.1 Å². The van der Waals surface area contributed by atoms with E-state index in [-0.39, 0.29) is 65.8 Å². The van der Waals surface area contributed by atoms with Crippen molar-refractivity contribution in [3.63, 3.8) is 0 Å². The van der Waals surface area contributed by atoms with Crippen LogP contribution in [0.1, 0.15) is 89.8 Å². The predicted molar refractivity (Wildman–Crippen MR) is 197 cm³/mol. The van der Waals surface area contributed by atoms with Crippen LogP contribution in [0.25, 0.3) is 0 Å². The lowest BCUT2D eigenvalue weighted by Gasteiger charge is -2.36. The van der Waals surface area contributed by atoms with Gasteiger partial charge in [0.15, 0.2) is 5.90 Å². The number of imide groups is 2. The van der Waals surface area contributed by atoms with Crippen molar-refractivity contribution in [2.75, 3.05) is 5.32 Å². The second-order valence-corrected chi connectivity index (χ2v) is 14.1. The van der Waals surface area contributed by atoms with Crippen LogP contribution in [0, 0.1) is 10.8 Å². The van der Waals surface area contributed by atoms with Crippen molar-refractivity contribution in [3.05, 3.63) is 113 Å². The van der Waals surface area contributed by atoms with Crippen molar-refractivity contribution < 1.29 is 33.4 Å². The number of carbonyl (C=O) groups excluding carboxylic acids is 4. The van der Waals surface area contributed by atoms with Crippen LogP contribution in [0.15, 0.2) is 79.0 Å². The Balaban J connectivity index is 0.892. The van der Waals surface area contributed by atoms with Crippen LogP contribution < -0.4 is 20.1 Å². The van der Waals surface area contributed by atoms with E-state index in [4.69, 9.17) is 25.0 Å². The number of anilines is 1. The third-order valence-electron chi connectivity index (χ3n) is 9.92. The number of rotatable bonds is 11. The van der Waals surface area contributed by atoms with E-state index in [1.54, 1.807) is 24.3 Å². The van der Waals surface area contributed by atoms with Crippen LogP contribution >= 0.6 is 0 Å². The number of aromatic nitrogens is 2. The Kier molecular flexibility index (Phi) is 9.67. The maximum atomic E-state index is 13.2. The van der Waals surface area contributed by atoms with Gasteiger partial charge in [-0.3, -0.25) is 40.2 Å². The van der Waals surface area contributed by atoms with Gasteiger partial charge in [-0.05, 0) is 66.1 Å². The molecule has 14 nitrogen and oxygen atoms in total. The predicted octanol–water partition coefficient (Wildman–Crippen LogP) is 5.14. The van der Waals surface area contributed by atoms with Crippen LogP contribution in [0.5, 0.6) is 11.5 Å². The van der Waals surface area contributed by atoms with Crippen molar-refractivity contribution in [1.29, 1.82) is 10.8 Å². The van der Waals surface area contributed by atoms with E-state index < -0.39 is 29.7 Å². The Labute approximate surface area is 311 Å². The number of carbonyl (C=O) groups is 4. The summed E-state index contributed by atoms with van der Waals surface area (Å²) in [6.07, 6.45) is 3.25. The zero-order chi connectivity index (χ0) is 38.1. The SMILES string of the molecule is CC(=N)OC(=N)c1nccc(COc2ccc(C(C)(C)c3ccc(O[C@H]4C[C@@H](Nc5ccc6c(c5)C(=O)N(C5CCC(=O)NC5=O)C6=O)C4)cc3)cc2)n1. The van der Waals surface area contributed by atoms with Crippen LogP contribution in [-0.4, -0.2) is 68.5 Å². The molecule has 2 fully saturated rings. The molecule has 4 aromatic rings. The standard InChI is InChI=1S/C40H39N7O7/c1-22(41)53-35(42)36-43-17-16-26(45-36)21-52-28-9-4-23(5-10-28)40(2,3)24-6-11-29(12-7-24)54-30-18-27(19-30)44-25-8-13-31-32(20-25)39(51)47(38(31)50)33-14-15-34(48)46-37(33)49/h4-13,16-17,20,27,30,33,41-42,44H,14-15,18-19,21H2,1-3H3,(H,46,48,49)/t27-,30+,33?. The third kappa shape index (κ3) is 7.40. The molecule has 2 aliphatic heterocycles. The molecule has 3 heterocycles. The lowest BCUT2D eigenvalue weighted by molar-refractivity contribution is -0.136. The molecule has 276 valence electrons. The summed E-state index contributed by atoms with van der Waals surface area (Å²) >= 11 is 0. The molecule has 4 N–H and O–H groups in total. The monoisotopic (exact) mass is 729 g/mol. The van der Waals surface area contributed by atoms with E-state index in [0.717, 1.165) is 34.6 Å². The first-order valence-electron chi connectivity index (χ1n) is 17.6. The highest BCUT2D eigenvalue weighted by Crippen LogP contribution is 2.36. The van der Waals surface area contributed by atoms with Crippen LogP contribution in [0.3, 0.4) is 0 Å². The Morgan fingerprint density at radius 3 is 2.24 bits per heavy atom. The van der Waals surface area contributed by atoms with Gasteiger partial charge in [-0.1, -0.05) is 38.1 Å². The van der Waals surface area contributed by atoms with E-state index in [0.29, 0.717) is 17.1 Å². The largest absolute Gasteiger partial charge is 0.490 e. The number of nitrogens with zero attached hydrogens (tertiary/aromatic N) is 3. The summed E-state index contributed by atoms with van der Waals surface area (Å²) in [4.78, 5) is 59.4. The molecule has 1 aromatic heterocycles. The Hall–Kier alpha value is -6.44. The molecular formula is C40H39N7O7. The molecule has 4 amide bonds. The summed E-state index contributed by atoms with van der Waals surface area (Å²) in [6, 6.07) is 21.9. The molecule has 1 aliphatic carbocycles. The summed E-state index contributed by atoms with van der Waals surface area (Å²) in [6.45, 7) is 5.93. The fraction of sp³-hybridized carbons (Fsp3) is 0.300. The number of hydrogen-bond donors (Lipinski definition) is 4. The minimum atomic E-state index is -0.995. The van der Waals surface area contributed by atoms with Crippen molar-refractivity contribution in [1.82, 2.24) is 20.2 Å². The third-order valence-corrected chi connectivity index (χ3v) is 9.92. The molecule has 1 atom stereocenters. The highest BCUT2D eigenvalue weighted by molar-refractivity contribution is 6.23. The fourth-order valence-electron chi connectivity index (χ4n) is 6.80. The topological polar surface area (TPSA) is 197 Å². The molecule has 0 bridgehead atoms. The number of amides is 4. The number of benzene rings is 3. The zero-order valence-electron chi connectivity index (χ0n) is 30.0. The molecule has 0 spiro atoms. The molecule has 3 aromatic carbocycles. The first-order chi connectivity index (χ1) is 25.8. The van der Waals surface area contributed by atoms with E-state index >= 15 is 0 Å². The maximum absolute atomic E-state index is 13.2. The number of nitrogens with one attached hydrogen (secondary N) is 4.